The lowest BCUT2D eigenvalue weighted by Crippen LogP contribution is -2.34. The Morgan fingerprint density at radius 2 is 2.04 bits per heavy atom. The molecule has 2 heterocycles. The van der Waals surface area contributed by atoms with Crippen LogP contribution in [0.25, 0.3) is 0 Å². The van der Waals surface area contributed by atoms with Crippen molar-refractivity contribution >= 4 is 5.82 Å². The monoisotopic (exact) mass is 341 g/mol. The fourth-order valence-corrected chi connectivity index (χ4v) is 2.98. The van der Waals surface area contributed by atoms with Gasteiger partial charge in [0.1, 0.15) is 11.5 Å². The Labute approximate surface area is 136 Å². The molecule has 0 saturated heterocycles. The Kier molecular flexibility index (Phi) is 4.70. The average molecular weight is 341 g/mol. The number of hydrogen-bond acceptors (Lipinski definition) is 5. The van der Waals surface area contributed by atoms with E-state index in [1.165, 1.54) is 6.07 Å². The number of hydrogen-bond donors (Lipinski definition) is 2. The van der Waals surface area contributed by atoms with Crippen LogP contribution in [0, 0.1) is 0 Å². The molecule has 1 fully saturated rings. The maximum Gasteiger partial charge on any atom is 0.417 e. The molecule has 6 nitrogen and oxygen atoms in total. The van der Waals surface area contributed by atoms with Gasteiger partial charge in [-0.05, 0) is 25.0 Å². The normalized spacial score (nSPS) is 21.7. The molecule has 2 atom stereocenters. The summed E-state index contributed by atoms with van der Waals surface area (Å²) in [6.07, 6.45) is 1.95. The summed E-state index contributed by atoms with van der Waals surface area (Å²) < 4.78 is 39.5. The third-order valence-electron chi connectivity index (χ3n) is 4.21. The van der Waals surface area contributed by atoms with Gasteiger partial charge in [-0.2, -0.15) is 13.2 Å². The third kappa shape index (κ3) is 3.66. The largest absolute Gasteiger partial charge is 0.417 e. The number of rotatable bonds is 4. The van der Waals surface area contributed by atoms with Crippen molar-refractivity contribution in [1.82, 2.24) is 20.0 Å². The summed E-state index contributed by atoms with van der Waals surface area (Å²) in [5, 5.41) is 20.2. The van der Waals surface area contributed by atoms with E-state index < -0.39 is 11.7 Å². The summed E-state index contributed by atoms with van der Waals surface area (Å²) in [7, 11) is 0. The van der Waals surface area contributed by atoms with Gasteiger partial charge in [0.2, 0.25) is 0 Å². The lowest BCUT2D eigenvalue weighted by Gasteiger charge is -2.32. The quantitative estimate of drug-likeness (QED) is 0.894. The van der Waals surface area contributed by atoms with Crippen molar-refractivity contribution in [3.05, 3.63) is 35.8 Å². The molecule has 9 heteroatoms. The lowest BCUT2D eigenvalue weighted by molar-refractivity contribution is -0.137. The summed E-state index contributed by atoms with van der Waals surface area (Å²) in [5.41, 5.74) is -0.274. The van der Waals surface area contributed by atoms with Crippen LogP contribution in [0.3, 0.4) is 0 Å². The molecule has 0 bridgehead atoms. The first-order valence-corrected chi connectivity index (χ1v) is 7.79. The SMILES string of the molecule is OCc1cn([C@@H]2CCCC[C@@H]2Nc2ccc(C(F)(F)F)cn2)nn1. The van der Waals surface area contributed by atoms with Crippen LogP contribution in [0.4, 0.5) is 19.0 Å². The van der Waals surface area contributed by atoms with Gasteiger partial charge in [0.05, 0.1) is 30.5 Å². The van der Waals surface area contributed by atoms with Crippen LogP contribution in [-0.4, -0.2) is 31.1 Å². The van der Waals surface area contributed by atoms with E-state index in [0.29, 0.717) is 11.5 Å². The summed E-state index contributed by atoms with van der Waals surface area (Å²) in [5.74, 6) is 0.405. The van der Waals surface area contributed by atoms with Crippen molar-refractivity contribution in [1.29, 1.82) is 0 Å². The average Bonchev–Trinajstić information content (AvgIpc) is 3.04. The number of aromatic nitrogens is 4. The van der Waals surface area contributed by atoms with Crippen molar-refractivity contribution in [2.75, 3.05) is 5.32 Å². The predicted octanol–water partition coefficient (Wildman–Crippen LogP) is 2.78. The van der Waals surface area contributed by atoms with Crippen LogP contribution in [0.5, 0.6) is 0 Å². The highest BCUT2D eigenvalue weighted by Crippen LogP contribution is 2.32. The van der Waals surface area contributed by atoms with Crippen molar-refractivity contribution in [2.45, 2.75) is 50.6 Å². The number of nitrogens with one attached hydrogen (secondary N) is 1. The minimum Gasteiger partial charge on any atom is -0.390 e. The van der Waals surface area contributed by atoms with Crippen molar-refractivity contribution in [3.8, 4) is 0 Å². The number of alkyl halides is 3. The molecule has 2 N–H and O–H groups in total. The first kappa shape index (κ1) is 16.7. The number of halogens is 3. The van der Waals surface area contributed by atoms with Gasteiger partial charge in [0.15, 0.2) is 0 Å². The predicted molar refractivity (Wildman–Crippen MR) is 80.1 cm³/mol. The molecule has 24 heavy (non-hydrogen) atoms. The van der Waals surface area contributed by atoms with Gasteiger partial charge >= 0.3 is 6.18 Å². The van der Waals surface area contributed by atoms with Crippen LogP contribution in [0.15, 0.2) is 24.5 Å². The zero-order chi connectivity index (χ0) is 17.2. The van der Waals surface area contributed by atoms with E-state index in [1.807, 2.05) is 0 Å². The van der Waals surface area contributed by atoms with Gasteiger partial charge in [0.25, 0.3) is 0 Å². The Morgan fingerprint density at radius 3 is 2.67 bits per heavy atom. The summed E-state index contributed by atoms with van der Waals surface area (Å²) in [4.78, 5) is 3.87. The van der Waals surface area contributed by atoms with Gasteiger partial charge in [-0.15, -0.1) is 5.10 Å². The molecule has 0 aromatic carbocycles. The minimum atomic E-state index is -4.39. The Hall–Kier alpha value is -2.16. The van der Waals surface area contributed by atoms with Crippen LogP contribution < -0.4 is 5.32 Å². The van der Waals surface area contributed by atoms with Crippen molar-refractivity contribution in [2.24, 2.45) is 0 Å². The second-order valence-electron chi connectivity index (χ2n) is 5.88. The van der Waals surface area contributed by atoms with Gasteiger partial charge in [-0.3, -0.25) is 0 Å². The molecular formula is C15H18F3N5O. The van der Waals surface area contributed by atoms with Crippen LogP contribution >= 0.6 is 0 Å². The van der Waals surface area contributed by atoms with Gasteiger partial charge in [-0.25, -0.2) is 9.67 Å². The van der Waals surface area contributed by atoms with E-state index >= 15 is 0 Å². The molecule has 1 saturated carbocycles. The van der Waals surface area contributed by atoms with Crippen LogP contribution in [0.2, 0.25) is 0 Å². The molecule has 130 valence electrons. The second-order valence-corrected chi connectivity index (χ2v) is 5.88. The molecule has 0 radical (unpaired) electrons. The van der Waals surface area contributed by atoms with E-state index in [1.54, 1.807) is 10.9 Å². The fraction of sp³-hybridized carbons (Fsp3) is 0.533. The molecule has 0 spiro atoms. The number of pyridine rings is 1. The van der Waals surface area contributed by atoms with E-state index in [4.69, 9.17) is 5.11 Å². The highest BCUT2D eigenvalue weighted by atomic mass is 19.4. The number of nitrogens with zero attached hydrogens (tertiary/aromatic N) is 4. The molecule has 2 aromatic rings. The van der Waals surface area contributed by atoms with E-state index in [2.05, 4.69) is 20.6 Å². The highest BCUT2D eigenvalue weighted by molar-refractivity contribution is 5.37. The van der Waals surface area contributed by atoms with Crippen molar-refractivity contribution < 1.29 is 18.3 Å². The maximum absolute atomic E-state index is 12.6. The molecule has 2 aromatic heterocycles. The number of aliphatic hydroxyl groups excluding tert-OH is 1. The van der Waals surface area contributed by atoms with Gasteiger partial charge in [-0.1, -0.05) is 18.1 Å². The molecule has 1 aliphatic carbocycles. The van der Waals surface area contributed by atoms with E-state index in [0.717, 1.165) is 37.9 Å². The number of aliphatic hydroxyl groups is 1. The first-order chi connectivity index (χ1) is 11.5. The van der Waals surface area contributed by atoms with Gasteiger partial charge < -0.3 is 10.4 Å². The van der Waals surface area contributed by atoms with Crippen LogP contribution in [-0.2, 0) is 12.8 Å². The molecule has 0 amide bonds. The first-order valence-electron chi connectivity index (χ1n) is 7.79. The second kappa shape index (κ2) is 6.76. The fourth-order valence-electron chi connectivity index (χ4n) is 2.98. The molecule has 1 aliphatic rings. The van der Waals surface area contributed by atoms with Crippen LogP contribution in [0.1, 0.15) is 43.0 Å². The van der Waals surface area contributed by atoms with E-state index in [9.17, 15) is 13.2 Å². The lowest BCUT2D eigenvalue weighted by atomic mass is 9.90. The highest BCUT2D eigenvalue weighted by Gasteiger charge is 2.31. The Bertz CT molecular complexity index is 670. The third-order valence-corrected chi connectivity index (χ3v) is 4.21. The topological polar surface area (TPSA) is 75.9 Å². The minimum absolute atomic E-state index is 0.00349. The smallest absolute Gasteiger partial charge is 0.390 e. The summed E-state index contributed by atoms with van der Waals surface area (Å²) in [6, 6.07) is 2.38. The molecule has 3 rings (SSSR count). The summed E-state index contributed by atoms with van der Waals surface area (Å²) in [6.45, 7) is -0.175. The van der Waals surface area contributed by atoms with Crippen molar-refractivity contribution in [3.63, 3.8) is 0 Å². The standard InChI is InChI=1S/C15H18F3N5O/c16-15(17,18)10-5-6-14(19-7-10)20-12-3-1-2-4-13(12)23-8-11(9-24)21-22-23/h5-8,12-13,24H,1-4,9H2,(H,19,20)/t12-,13+/m0/s1. The zero-order valence-electron chi connectivity index (χ0n) is 12.9. The van der Waals surface area contributed by atoms with Gasteiger partial charge in [0, 0.05) is 6.20 Å². The molecule has 0 unspecified atom stereocenters. The Balaban J connectivity index is 1.74. The summed E-state index contributed by atoms with van der Waals surface area (Å²) >= 11 is 0. The Morgan fingerprint density at radius 1 is 1.25 bits per heavy atom. The molecular weight excluding hydrogens is 323 g/mol. The maximum atomic E-state index is 12.6. The number of anilines is 1. The zero-order valence-corrected chi connectivity index (χ0v) is 12.9. The van der Waals surface area contributed by atoms with E-state index in [-0.39, 0.29) is 18.7 Å². The molecule has 0 aliphatic heterocycles.